The maximum Gasteiger partial charge on any atom is 0.123 e. The summed E-state index contributed by atoms with van der Waals surface area (Å²) in [5, 5.41) is 4.66. The highest BCUT2D eigenvalue weighted by atomic mass is 35.5. The van der Waals surface area contributed by atoms with E-state index in [4.69, 9.17) is 34.8 Å². The van der Waals surface area contributed by atoms with Gasteiger partial charge in [-0.1, -0.05) is 53.0 Å². The third-order valence-electron chi connectivity index (χ3n) is 3.40. The van der Waals surface area contributed by atoms with E-state index in [1.807, 2.05) is 19.9 Å². The Kier molecular flexibility index (Phi) is 5.50. The summed E-state index contributed by atoms with van der Waals surface area (Å²) < 4.78 is 12.9. The van der Waals surface area contributed by atoms with Crippen LogP contribution in [0.15, 0.2) is 36.4 Å². The zero-order chi connectivity index (χ0) is 15.6. The van der Waals surface area contributed by atoms with Crippen LogP contribution < -0.4 is 5.32 Å². The second-order valence-corrected chi connectivity index (χ2v) is 6.09. The zero-order valence-electron chi connectivity index (χ0n) is 11.6. The van der Waals surface area contributed by atoms with Crippen LogP contribution in [0.3, 0.4) is 0 Å². The molecule has 0 saturated carbocycles. The van der Waals surface area contributed by atoms with E-state index in [0.29, 0.717) is 15.1 Å². The summed E-state index contributed by atoms with van der Waals surface area (Å²) in [5.74, 6) is -0.244. The minimum absolute atomic E-state index is 0.0210. The van der Waals surface area contributed by atoms with Crippen molar-refractivity contribution in [2.45, 2.75) is 25.9 Å². The predicted molar refractivity (Wildman–Crippen MR) is 87.8 cm³/mol. The molecule has 21 heavy (non-hydrogen) atoms. The molecule has 0 fully saturated rings. The largest absolute Gasteiger partial charge is 0.304 e. The van der Waals surface area contributed by atoms with Crippen molar-refractivity contribution in [3.8, 4) is 0 Å². The molecular formula is C16H15Cl3FN. The first-order chi connectivity index (χ1) is 9.90. The van der Waals surface area contributed by atoms with Crippen LogP contribution in [0.4, 0.5) is 4.39 Å². The van der Waals surface area contributed by atoms with Crippen molar-refractivity contribution < 1.29 is 4.39 Å². The molecule has 2 rings (SSSR count). The fourth-order valence-corrected chi connectivity index (χ4v) is 2.89. The Bertz CT molecular complexity index is 628. The number of halogens is 4. The lowest BCUT2D eigenvalue weighted by Crippen LogP contribution is -2.22. The van der Waals surface area contributed by atoms with E-state index in [2.05, 4.69) is 5.32 Å². The molecular weight excluding hydrogens is 332 g/mol. The number of hydrogen-bond donors (Lipinski definition) is 1. The summed E-state index contributed by atoms with van der Waals surface area (Å²) in [7, 11) is 0. The number of hydrogen-bond acceptors (Lipinski definition) is 1. The van der Waals surface area contributed by atoms with E-state index < -0.39 is 0 Å². The first-order valence-corrected chi connectivity index (χ1v) is 7.68. The third-order valence-corrected chi connectivity index (χ3v) is 4.71. The van der Waals surface area contributed by atoms with Gasteiger partial charge in [-0.3, -0.25) is 0 Å². The van der Waals surface area contributed by atoms with Gasteiger partial charge in [-0.25, -0.2) is 4.39 Å². The van der Waals surface area contributed by atoms with Gasteiger partial charge in [-0.05, 0) is 43.2 Å². The van der Waals surface area contributed by atoms with Crippen LogP contribution in [0.5, 0.6) is 0 Å². The van der Waals surface area contributed by atoms with Gasteiger partial charge in [-0.15, -0.1) is 0 Å². The SMILES string of the molecule is CC(NC(C)c1ccc(Cl)c(Cl)c1Cl)c1ccc(F)cc1. The molecule has 1 nitrogen and oxygen atoms in total. The number of rotatable bonds is 4. The van der Waals surface area contributed by atoms with E-state index in [1.54, 1.807) is 18.2 Å². The average Bonchev–Trinajstić information content (AvgIpc) is 2.45. The Balaban J connectivity index is 2.16. The summed E-state index contributed by atoms with van der Waals surface area (Å²) in [5.41, 5.74) is 1.87. The van der Waals surface area contributed by atoms with Crippen molar-refractivity contribution in [2.24, 2.45) is 0 Å². The normalized spacial score (nSPS) is 14.0. The highest BCUT2D eigenvalue weighted by molar-refractivity contribution is 6.48. The molecule has 2 unspecified atom stereocenters. The van der Waals surface area contributed by atoms with Crippen LogP contribution in [0.1, 0.15) is 37.1 Å². The molecule has 0 aliphatic rings. The van der Waals surface area contributed by atoms with Gasteiger partial charge in [0.2, 0.25) is 0 Å². The van der Waals surface area contributed by atoms with Gasteiger partial charge >= 0.3 is 0 Å². The van der Waals surface area contributed by atoms with Crippen LogP contribution in [0.25, 0.3) is 0 Å². The molecule has 5 heteroatoms. The summed E-state index contributed by atoms with van der Waals surface area (Å²) in [6.07, 6.45) is 0. The van der Waals surface area contributed by atoms with Gasteiger partial charge in [0, 0.05) is 12.1 Å². The quantitative estimate of drug-likeness (QED) is 0.650. The van der Waals surface area contributed by atoms with Gasteiger partial charge in [0.1, 0.15) is 5.82 Å². The van der Waals surface area contributed by atoms with Crippen LogP contribution in [-0.4, -0.2) is 0 Å². The lowest BCUT2D eigenvalue weighted by atomic mass is 10.0. The van der Waals surface area contributed by atoms with Crippen LogP contribution in [0, 0.1) is 5.82 Å². The molecule has 0 aliphatic heterocycles. The lowest BCUT2D eigenvalue weighted by molar-refractivity contribution is 0.494. The van der Waals surface area contributed by atoms with Gasteiger partial charge in [0.15, 0.2) is 0 Å². The minimum Gasteiger partial charge on any atom is -0.304 e. The van der Waals surface area contributed by atoms with E-state index in [1.165, 1.54) is 12.1 Å². The Morgan fingerprint density at radius 2 is 1.48 bits per heavy atom. The molecule has 0 radical (unpaired) electrons. The highest BCUT2D eigenvalue weighted by Gasteiger charge is 2.16. The van der Waals surface area contributed by atoms with E-state index in [0.717, 1.165) is 11.1 Å². The maximum atomic E-state index is 12.9. The third kappa shape index (κ3) is 3.89. The maximum absolute atomic E-state index is 12.9. The van der Waals surface area contributed by atoms with Crippen molar-refractivity contribution >= 4 is 34.8 Å². The topological polar surface area (TPSA) is 12.0 Å². The molecule has 0 bridgehead atoms. The van der Waals surface area contributed by atoms with Crippen molar-refractivity contribution in [1.82, 2.24) is 5.32 Å². The highest BCUT2D eigenvalue weighted by Crippen LogP contribution is 2.36. The minimum atomic E-state index is -0.244. The molecule has 1 N–H and O–H groups in total. The average molecular weight is 347 g/mol. The summed E-state index contributed by atoms with van der Waals surface area (Å²) >= 11 is 18.2. The van der Waals surface area contributed by atoms with Crippen molar-refractivity contribution in [1.29, 1.82) is 0 Å². The molecule has 0 spiro atoms. The van der Waals surface area contributed by atoms with Gasteiger partial charge in [0.05, 0.1) is 15.1 Å². The smallest absolute Gasteiger partial charge is 0.123 e. The standard InChI is InChI=1S/C16H15Cl3FN/c1-9(11-3-5-12(20)6-4-11)21-10(2)13-7-8-14(17)16(19)15(13)18/h3-10,21H,1-2H3. The second-order valence-electron chi connectivity index (χ2n) is 4.93. The Labute approximate surface area is 139 Å². The van der Waals surface area contributed by atoms with E-state index in [-0.39, 0.29) is 17.9 Å². The fourth-order valence-electron chi connectivity index (χ4n) is 2.19. The second kappa shape index (κ2) is 6.97. The predicted octanol–water partition coefficient (Wildman–Crippen LogP) is 6.20. The Morgan fingerprint density at radius 1 is 0.857 bits per heavy atom. The summed E-state index contributed by atoms with van der Waals surface area (Å²) in [6.45, 7) is 4.00. The lowest BCUT2D eigenvalue weighted by Gasteiger charge is -2.22. The Hall–Kier alpha value is -0.800. The van der Waals surface area contributed by atoms with Gasteiger partial charge in [0.25, 0.3) is 0 Å². The van der Waals surface area contributed by atoms with Crippen molar-refractivity contribution in [2.75, 3.05) is 0 Å². The zero-order valence-corrected chi connectivity index (χ0v) is 13.9. The van der Waals surface area contributed by atoms with Crippen LogP contribution in [0.2, 0.25) is 15.1 Å². The Morgan fingerprint density at radius 3 is 2.10 bits per heavy atom. The molecule has 2 aromatic rings. The molecule has 2 atom stereocenters. The molecule has 0 amide bonds. The van der Waals surface area contributed by atoms with Gasteiger partial charge in [-0.2, -0.15) is 0 Å². The van der Waals surface area contributed by atoms with Gasteiger partial charge < -0.3 is 5.32 Å². The molecule has 2 aromatic carbocycles. The first kappa shape index (κ1) is 16.6. The van der Waals surface area contributed by atoms with Crippen LogP contribution in [-0.2, 0) is 0 Å². The molecule has 0 heterocycles. The molecule has 112 valence electrons. The molecule has 0 aromatic heterocycles. The molecule has 0 saturated heterocycles. The fraction of sp³-hybridized carbons (Fsp3) is 0.250. The number of nitrogens with one attached hydrogen (secondary N) is 1. The molecule has 0 aliphatic carbocycles. The van der Waals surface area contributed by atoms with Crippen molar-refractivity contribution in [3.05, 3.63) is 68.4 Å². The summed E-state index contributed by atoms with van der Waals surface area (Å²) in [4.78, 5) is 0. The monoisotopic (exact) mass is 345 g/mol. The van der Waals surface area contributed by atoms with E-state index in [9.17, 15) is 4.39 Å². The van der Waals surface area contributed by atoms with E-state index >= 15 is 0 Å². The first-order valence-electron chi connectivity index (χ1n) is 6.55. The summed E-state index contributed by atoms with van der Waals surface area (Å²) in [6, 6.07) is 10.0. The number of benzene rings is 2. The van der Waals surface area contributed by atoms with Crippen molar-refractivity contribution in [3.63, 3.8) is 0 Å². The van der Waals surface area contributed by atoms with Crippen LogP contribution >= 0.6 is 34.8 Å².